The minimum absolute atomic E-state index is 0.0703. The average molecular weight is 1200 g/mol. The van der Waals surface area contributed by atoms with Gasteiger partial charge in [-0.2, -0.15) is 0 Å². The molecule has 1 fully saturated rings. The van der Waals surface area contributed by atoms with Crippen molar-refractivity contribution in [3.63, 3.8) is 0 Å². The number of nitrogens with one attached hydrogen (secondary N) is 8. The molecule has 12 N–H and O–H groups in total. The summed E-state index contributed by atoms with van der Waals surface area (Å²) in [6.07, 6.45) is 9.23. The number of benzene rings is 2. The van der Waals surface area contributed by atoms with Crippen molar-refractivity contribution in [2.24, 2.45) is 22.5 Å². The molecule has 1 spiro atoms. The molecule has 464 valence electrons. The van der Waals surface area contributed by atoms with Crippen LogP contribution in [0.25, 0.3) is 10.9 Å². The lowest BCUT2D eigenvalue weighted by molar-refractivity contribution is -0.143. The normalized spacial score (nSPS) is 25.5. The maximum Gasteiger partial charge on any atom is 0.303 e. The van der Waals surface area contributed by atoms with Crippen molar-refractivity contribution in [3.8, 4) is 5.75 Å². The van der Waals surface area contributed by atoms with Crippen molar-refractivity contribution < 1.29 is 63.0 Å². The molecule has 2 unspecified atom stereocenters. The van der Waals surface area contributed by atoms with Gasteiger partial charge >= 0.3 is 5.97 Å². The van der Waals surface area contributed by atoms with Crippen LogP contribution in [0.15, 0.2) is 60.8 Å². The van der Waals surface area contributed by atoms with Gasteiger partial charge < -0.3 is 47.5 Å². The van der Waals surface area contributed by atoms with Crippen LogP contribution in [0.5, 0.6) is 5.75 Å². The van der Waals surface area contributed by atoms with Gasteiger partial charge in [0.1, 0.15) is 41.2 Å². The second kappa shape index (κ2) is 31.2. The quantitative estimate of drug-likeness (QED) is 0.0717. The lowest BCUT2D eigenvalue weighted by atomic mass is 9.79. The van der Waals surface area contributed by atoms with E-state index in [1.807, 2.05) is 26.0 Å². The van der Waals surface area contributed by atoms with Crippen LogP contribution in [0, 0.1) is 16.7 Å². The number of halogens is 1. The van der Waals surface area contributed by atoms with Gasteiger partial charge in [0.25, 0.3) is 0 Å². The number of carbonyl (C=O) groups is 11. The number of hydrogen-bond donors (Lipinski definition) is 11. The van der Waals surface area contributed by atoms with E-state index < -0.39 is 131 Å². The number of aliphatic carboxylic acids is 1. The number of rotatable bonds is 14. The van der Waals surface area contributed by atoms with Crippen LogP contribution in [0.2, 0.25) is 5.02 Å². The molecule has 0 saturated heterocycles. The van der Waals surface area contributed by atoms with E-state index in [2.05, 4.69) is 42.4 Å². The van der Waals surface area contributed by atoms with Gasteiger partial charge in [0, 0.05) is 59.6 Å². The van der Waals surface area contributed by atoms with Crippen molar-refractivity contribution in [1.29, 1.82) is 0 Å². The summed E-state index contributed by atoms with van der Waals surface area (Å²) in [5, 5.41) is 34.5. The first-order valence-electron chi connectivity index (χ1n) is 29.4. The van der Waals surface area contributed by atoms with E-state index in [0.717, 1.165) is 25.7 Å². The van der Waals surface area contributed by atoms with Crippen molar-refractivity contribution in [1.82, 2.24) is 42.4 Å². The highest BCUT2D eigenvalue weighted by Crippen LogP contribution is 2.50. The van der Waals surface area contributed by atoms with E-state index in [9.17, 15) is 63.0 Å². The first kappa shape index (κ1) is 68.5. The maximum atomic E-state index is 14.9. The van der Waals surface area contributed by atoms with E-state index in [1.165, 1.54) is 45.0 Å². The molecule has 85 heavy (non-hydrogen) atoms. The zero-order chi connectivity index (χ0) is 62.8. The highest BCUT2D eigenvalue weighted by Gasteiger charge is 2.55. The number of primary amides is 1. The maximum absolute atomic E-state index is 14.9. The van der Waals surface area contributed by atoms with Crippen molar-refractivity contribution in [3.05, 3.63) is 77.0 Å². The minimum atomic E-state index is -1.54. The fourth-order valence-electron chi connectivity index (χ4n) is 10.6. The number of aromatic nitrogens is 1. The number of carboxylic acids is 1. The Morgan fingerprint density at radius 3 is 2.01 bits per heavy atom. The molecule has 1 saturated carbocycles. The Hall–Kier alpha value is -7.30. The Bertz CT molecular complexity index is 2960. The summed E-state index contributed by atoms with van der Waals surface area (Å²) in [6.45, 7) is 11.2. The summed E-state index contributed by atoms with van der Waals surface area (Å²) < 4.78 is 0. The molecule has 22 nitrogen and oxygen atoms in total. The van der Waals surface area contributed by atoms with Gasteiger partial charge in [0.2, 0.25) is 47.0 Å². The number of carbonyl (C=O) groups excluding carboxylic acids is 10. The molecule has 1 aliphatic carbocycles. The predicted octanol–water partition coefficient (Wildman–Crippen LogP) is 5.34. The third-order valence-electron chi connectivity index (χ3n) is 16.0. The Labute approximate surface area is 501 Å². The number of carboxylic acid groups (broad SMARTS) is 1. The summed E-state index contributed by atoms with van der Waals surface area (Å²) >= 11 is 6.30. The van der Waals surface area contributed by atoms with Crippen LogP contribution >= 0.6 is 11.6 Å². The number of allylic oxidation sites excluding steroid dienone is 2. The Kier molecular flexibility index (Phi) is 25.1. The van der Waals surface area contributed by atoms with Crippen LogP contribution in [-0.4, -0.2) is 122 Å². The van der Waals surface area contributed by atoms with E-state index >= 15 is 0 Å². The number of hydrazine groups is 1. The van der Waals surface area contributed by atoms with E-state index in [4.69, 9.17) is 17.3 Å². The number of nitrogens with two attached hydrogens (primary N) is 1. The molecule has 3 aromatic rings. The number of hydrogen-bond acceptors (Lipinski definition) is 14. The Balaban J connectivity index is 1.54. The molecule has 8 atom stereocenters. The molecular formula is C62H86ClN9O13. The highest BCUT2D eigenvalue weighted by atomic mass is 35.5. The van der Waals surface area contributed by atoms with Crippen molar-refractivity contribution in [2.45, 2.75) is 206 Å². The third-order valence-corrected chi connectivity index (χ3v) is 16.3. The topological polar surface area (TPSA) is 354 Å². The predicted molar refractivity (Wildman–Crippen MR) is 319 cm³/mol. The summed E-state index contributed by atoms with van der Waals surface area (Å²) in [5.41, 5.74) is 8.93. The fourth-order valence-corrected chi connectivity index (χ4v) is 10.8. The third kappa shape index (κ3) is 20.4. The molecule has 5 rings (SSSR count). The number of H-pyrrole nitrogens is 1. The first-order chi connectivity index (χ1) is 40.0. The number of Topliss-reactive ketones (excluding diaryl/α,β-unsaturated/α-hetero) is 4. The minimum Gasteiger partial charge on any atom is -0.508 e. The zero-order valence-electron chi connectivity index (χ0n) is 49.9. The van der Waals surface area contributed by atoms with Gasteiger partial charge in [0.05, 0.1) is 17.5 Å². The average Bonchev–Trinajstić information content (AvgIpc) is 1.97. The second-order valence-electron chi connectivity index (χ2n) is 24.1. The van der Waals surface area contributed by atoms with Gasteiger partial charge in [-0.3, -0.25) is 52.7 Å². The van der Waals surface area contributed by atoms with Crippen LogP contribution in [0.4, 0.5) is 0 Å². The molecule has 6 amide bonds. The monoisotopic (exact) mass is 1200 g/mol. The van der Waals surface area contributed by atoms with Gasteiger partial charge in [-0.05, 0) is 133 Å². The number of amides is 6. The molecule has 1 aromatic heterocycles. The van der Waals surface area contributed by atoms with E-state index in [1.54, 1.807) is 38.2 Å². The SMILES string of the molecule is CC(=O)C[C@]1(C)CCCCCCC=CCCC[C@@](C)(C(=O)NC(C)C(N)=O)NN[C@@H](CC(C)C)C(=O)C(=O)C2(CC2)CC(=O)[C@H](CCC(=O)O)NC(=O)[C@H](Cc2c[nH]c3cc(Cl)ccc23)NC(=O)[C@H](Cc2ccc(O)cc2)NC(=O)C(C)NC1=O. The molecule has 2 aromatic carbocycles. The summed E-state index contributed by atoms with van der Waals surface area (Å²) in [7, 11) is 0. The van der Waals surface area contributed by atoms with Gasteiger partial charge in [-0.25, -0.2) is 10.9 Å². The zero-order valence-corrected chi connectivity index (χ0v) is 50.6. The summed E-state index contributed by atoms with van der Waals surface area (Å²) in [5.74, 6) is -8.73. The molecule has 2 heterocycles. The lowest BCUT2D eigenvalue weighted by Crippen LogP contribution is -2.64. The van der Waals surface area contributed by atoms with Crippen molar-refractivity contribution >= 4 is 87.0 Å². The number of aromatic amines is 1. The molecular weight excluding hydrogens is 1110 g/mol. The second-order valence-corrected chi connectivity index (χ2v) is 24.6. The van der Waals surface area contributed by atoms with Gasteiger partial charge in [0.15, 0.2) is 5.78 Å². The van der Waals surface area contributed by atoms with Gasteiger partial charge in [-0.1, -0.05) is 82.0 Å². The molecule has 2 aliphatic rings. The molecule has 0 bridgehead atoms. The van der Waals surface area contributed by atoms with Crippen molar-refractivity contribution in [2.75, 3.05) is 0 Å². The van der Waals surface area contributed by atoms with Gasteiger partial charge in [-0.15, -0.1) is 0 Å². The Morgan fingerprint density at radius 1 is 0.765 bits per heavy atom. The smallest absolute Gasteiger partial charge is 0.303 e. The fraction of sp³-hybridized carbons (Fsp3) is 0.565. The first-order valence-corrected chi connectivity index (χ1v) is 29.8. The number of ketones is 4. The molecule has 23 heteroatoms. The van der Waals surface area contributed by atoms with Crippen LogP contribution in [-0.2, 0) is 65.6 Å². The number of aromatic hydroxyl groups is 1. The summed E-state index contributed by atoms with van der Waals surface area (Å²) in [4.78, 5) is 155. The Morgan fingerprint density at radius 2 is 1.39 bits per heavy atom. The number of fused-ring (bicyclic) bond motifs is 1. The summed E-state index contributed by atoms with van der Waals surface area (Å²) in [6, 6.07) is 2.85. The standard InChI is InChI=1S/C62H86ClN9O13/c1-36(2)29-47-52(78)53(79)62(27-28-62)34-50(75)45(23-24-51(76)77)68-57(83)49(31-41-35-65-46-32-42(63)19-22-44(41)46)70-56(82)48(30-40-17-20-43(74)21-18-40)69-55(81)39(5)67-58(84)60(6,33-37(3)73)25-15-13-11-9-8-10-12-14-16-26-61(7,72-71-47)59(85)66-38(4)54(64)80/h10,12,17-22,32,35-36,38-39,45,47-49,65,71-72,74H,8-9,11,13-16,23-31,33-34H2,1-7H3,(H2,64,80)(H,66,85)(H,67,84)(H,68,83)(H,69,81)(H,70,82)(H,76,77)/t38?,39?,45-,47-,48-,49-,60-,61-/m0/s1. The van der Waals surface area contributed by atoms with Crippen LogP contribution in [0.1, 0.15) is 162 Å². The number of phenolic OH excluding ortho intramolecular Hbond substituents is 1. The molecule has 1 aliphatic heterocycles. The largest absolute Gasteiger partial charge is 0.508 e. The highest BCUT2D eigenvalue weighted by molar-refractivity contribution is 6.42. The van der Waals surface area contributed by atoms with Crippen LogP contribution < -0.4 is 43.2 Å². The van der Waals surface area contributed by atoms with E-state index in [-0.39, 0.29) is 62.4 Å². The van der Waals surface area contributed by atoms with Crippen LogP contribution in [0.3, 0.4) is 0 Å². The van der Waals surface area contributed by atoms with E-state index in [0.29, 0.717) is 52.7 Å². The number of phenols is 1. The molecule has 0 radical (unpaired) electrons. The lowest BCUT2D eigenvalue weighted by Gasteiger charge is -2.33.